The number of nitrogens with zero attached hydrogens (tertiary/aromatic N) is 3. The van der Waals surface area contributed by atoms with Gasteiger partial charge in [-0.05, 0) is 37.6 Å². The predicted octanol–water partition coefficient (Wildman–Crippen LogP) is 2.24. The van der Waals surface area contributed by atoms with Crippen molar-refractivity contribution in [3.8, 4) is 0 Å². The Morgan fingerprint density at radius 1 is 1.07 bits per heavy atom. The second-order valence-electron chi connectivity index (χ2n) is 7.04. The molecule has 1 aromatic rings. The molecule has 0 aromatic heterocycles. The van der Waals surface area contributed by atoms with E-state index in [9.17, 15) is 14.4 Å². The zero-order chi connectivity index (χ0) is 19.4. The molecule has 2 fully saturated rings. The fraction of sp³-hybridized carbons (Fsp3) is 0.550. The van der Waals surface area contributed by atoms with Crippen LogP contribution in [0, 0.1) is 0 Å². The average Bonchev–Trinajstić information content (AvgIpc) is 3.18. The van der Waals surface area contributed by atoms with Crippen LogP contribution in [0.5, 0.6) is 0 Å². The van der Waals surface area contributed by atoms with Crippen LogP contribution in [-0.4, -0.2) is 71.2 Å². The highest BCUT2D eigenvalue weighted by Crippen LogP contribution is 2.25. The first-order valence-electron chi connectivity index (χ1n) is 9.53. The molecule has 6 nitrogen and oxygen atoms in total. The normalized spacial score (nSPS) is 20.1. The number of thioether (sulfide) groups is 1. The fourth-order valence-electron chi connectivity index (χ4n) is 3.55. The van der Waals surface area contributed by atoms with E-state index in [0.717, 1.165) is 25.2 Å². The summed E-state index contributed by atoms with van der Waals surface area (Å²) < 4.78 is 0. The minimum Gasteiger partial charge on any atom is -0.368 e. The highest BCUT2D eigenvalue weighted by Gasteiger charge is 2.37. The zero-order valence-electron chi connectivity index (χ0n) is 16.0. The number of amides is 2. The SMILES string of the molecule is CCCC(=O)N1CSC[C@@H]1C(=O)N1CCN(c2ccc(C(C)=O)cc2)CC1. The first-order chi connectivity index (χ1) is 13.0. The number of hydrogen-bond acceptors (Lipinski definition) is 5. The van der Waals surface area contributed by atoms with Crippen molar-refractivity contribution >= 4 is 35.0 Å². The number of hydrogen-bond donors (Lipinski definition) is 0. The van der Waals surface area contributed by atoms with Gasteiger partial charge in [-0.3, -0.25) is 14.4 Å². The third-order valence-corrected chi connectivity index (χ3v) is 6.19. The van der Waals surface area contributed by atoms with Crippen LogP contribution in [0.4, 0.5) is 5.69 Å². The lowest BCUT2D eigenvalue weighted by Crippen LogP contribution is -2.55. The lowest BCUT2D eigenvalue weighted by Gasteiger charge is -2.38. The van der Waals surface area contributed by atoms with E-state index in [-0.39, 0.29) is 23.6 Å². The van der Waals surface area contributed by atoms with E-state index >= 15 is 0 Å². The molecule has 27 heavy (non-hydrogen) atoms. The molecule has 2 aliphatic rings. The van der Waals surface area contributed by atoms with E-state index < -0.39 is 0 Å². The maximum absolute atomic E-state index is 12.9. The van der Waals surface area contributed by atoms with E-state index in [1.54, 1.807) is 23.6 Å². The molecule has 7 heteroatoms. The Morgan fingerprint density at radius 3 is 2.33 bits per heavy atom. The number of Topliss-reactive ketones (excluding diaryl/α,β-unsaturated/α-hetero) is 1. The number of ketones is 1. The van der Waals surface area contributed by atoms with Crippen molar-refractivity contribution in [2.45, 2.75) is 32.7 Å². The molecule has 146 valence electrons. The number of anilines is 1. The maximum Gasteiger partial charge on any atom is 0.246 e. The van der Waals surface area contributed by atoms with Gasteiger partial charge in [0, 0.05) is 49.6 Å². The zero-order valence-corrected chi connectivity index (χ0v) is 16.8. The van der Waals surface area contributed by atoms with Crippen LogP contribution in [0.3, 0.4) is 0 Å². The Morgan fingerprint density at radius 2 is 1.74 bits per heavy atom. The minimum absolute atomic E-state index is 0.0635. The van der Waals surface area contributed by atoms with Gasteiger partial charge in [0.25, 0.3) is 0 Å². The van der Waals surface area contributed by atoms with E-state index in [2.05, 4.69) is 4.90 Å². The third kappa shape index (κ3) is 4.46. The van der Waals surface area contributed by atoms with Crippen LogP contribution in [0.25, 0.3) is 0 Å². The molecular weight excluding hydrogens is 362 g/mol. The largest absolute Gasteiger partial charge is 0.368 e. The Hall–Kier alpha value is -2.02. The second-order valence-corrected chi connectivity index (χ2v) is 8.04. The van der Waals surface area contributed by atoms with Gasteiger partial charge in [-0.2, -0.15) is 0 Å². The van der Waals surface area contributed by atoms with Crippen molar-refractivity contribution in [3.05, 3.63) is 29.8 Å². The molecule has 0 N–H and O–H groups in total. The van der Waals surface area contributed by atoms with E-state index in [1.165, 1.54) is 0 Å². The van der Waals surface area contributed by atoms with Gasteiger partial charge in [-0.15, -0.1) is 11.8 Å². The van der Waals surface area contributed by atoms with Gasteiger partial charge in [0.05, 0.1) is 5.88 Å². The van der Waals surface area contributed by atoms with Gasteiger partial charge in [-0.25, -0.2) is 0 Å². The quantitative estimate of drug-likeness (QED) is 0.723. The number of piperazine rings is 1. The Bertz CT molecular complexity index is 699. The Kier molecular flexibility index (Phi) is 6.42. The highest BCUT2D eigenvalue weighted by atomic mass is 32.2. The number of benzene rings is 1. The molecule has 2 saturated heterocycles. The fourth-order valence-corrected chi connectivity index (χ4v) is 4.73. The van der Waals surface area contributed by atoms with E-state index in [1.807, 2.05) is 36.1 Å². The summed E-state index contributed by atoms with van der Waals surface area (Å²) in [6.07, 6.45) is 1.32. The van der Waals surface area contributed by atoms with Crippen molar-refractivity contribution in [1.29, 1.82) is 0 Å². The highest BCUT2D eigenvalue weighted by molar-refractivity contribution is 7.99. The summed E-state index contributed by atoms with van der Waals surface area (Å²) in [5.41, 5.74) is 1.78. The molecule has 0 bridgehead atoms. The van der Waals surface area contributed by atoms with Crippen LogP contribution in [-0.2, 0) is 9.59 Å². The van der Waals surface area contributed by atoms with E-state index in [4.69, 9.17) is 0 Å². The number of carbonyl (C=O) groups excluding carboxylic acids is 3. The molecule has 0 saturated carbocycles. The molecule has 0 aliphatic carbocycles. The molecule has 1 atom stereocenters. The van der Waals surface area contributed by atoms with E-state index in [0.29, 0.717) is 36.7 Å². The van der Waals surface area contributed by atoms with Crippen LogP contribution in [0.2, 0.25) is 0 Å². The molecule has 2 heterocycles. The lowest BCUT2D eigenvalue weighted by atomic mass is 10.1. The van der Waals surface area contributed by atoms with Crippen molar-refractivity contribution in [2.75, 3.05) is 42.7 Å². The smallest absolute Gasteiger partial charge is 0.246 e. The molecule has 1 aromatic carbocycles. The molecule has 0 radical (unpaired) electrons. The van der Waals surface area contributed by atoms with Crippen LogP contribution in [0.1, 0.15) is 37.0 Å². The van der Waals surface area contributed by atoms with Crippen molar-refractivity contribution in [3.63, 3.8) is 0 Å². The summed E-state index contributed by atoms with van der Waals surface area (Å²) in [5.74, 6) is 1.55. The predicted molar refractivity (Wildman–Crippen MR) is 108 cm³/mol. The van der Waals surface area contributed by atoms with Gasteiger partial charge >= 0.3 is 0 Å². The summed E-state index contributed by atoms with van der Waals surface area (Å²) >= 11 is 1.66. The summed E-state index contributed by atoms with van der Waals surface area (Å²) in [4.78, 5) is 42.5. The van der Waals surface area contributed by atoms with Crippen molar-refractivity contribution < 1.29 is 14.4 Å². The van der Waals surface area contributed by atoms with Crippen molar-refractivity contribution in [2.24, 2.45) is 0 Å². The maximum atomic E-state index is 12.9. The summed E-state index contributed by atoms with van der Waals surface area (Å²) in [6.45, 7) is 6.38. The minimum atomic E-state index is -0.310. The second kappa shape index (κ2) is 8.78. The summed E-state index contributed by atoms with van der Waals surface area (Å²) in [7, 11) is 0. The van der Waals surface area contributed by atoms with Gasteiger partial charge in [0.1, 0.15) is 6.04 Å². The van der Waals surface area contributed by atoms with Gasteiger partial charge in [0.15, 0.2) is 5.78 Å². The standard InChI is InChI=1S/C20H27N3O3S/c1-3-4-19(25)23-14-27-13-18(23)20(26)22-11-9-21(10-12-22)17-7-5-16(6-8-17)15(2)24/h5-8,18H,3-4,9-14H2,1-2H3/t18-/m1/s1. The third-order valence-electron chi connectivity index (χ3n) is 5.18. The lowest BCUT2D eigenvalue weighted by molar-refractivity contribution is -0.143. The molecule has 2 aliphatic heterocycles. The van der Waals surface area contributed by atoms with Crippen molar-refractivity contribution in [1.82, 2.24) is 9.80 Å². The monoisotopic (exact) mass is 389 g/mol. The molecule has 3 rings (SSSR count). The van der Waals surface area contributed by atoms with Gasteiger partial charge in [0.2, 0.25) is 11.8 Å². The van der Waals surface area contributed by atoms with Crippen LogP contribution in [0.15, 0.2) is 24.3 Å². The van der Waals surface area contributed by atoms with Gasteiger partial charge in [-0.1, -0.05) is 6.92 Å². The van der Waals surface area contributed by atoms with Gasteiger partial charge < -0.3 is 14.7 Å². The molecular formula is C20H27N3O3S. The molecule has 0 spiro atoms. The first kappa shape index (κ1) is 19.7. The first-order valence-corrected chi connectivity index (χ1v) is 10.7. The Labute approximate surface area is 164 Å². The summed E-state index contributed by atoms with van der Waals surface area (Å²) in [6, 6.07) is 7.32. The molecule has 0 unspecified atom stereocenters. The van der Waals surface area contributed by atoms with Crippen LogP contribution >= 0.6 is 11.8 Å². The number of carbonyl (C=O) groups is 3. The van der Waals surface area contributed by atoms with Crippen LogP contribution < -0.4 is 4.90 Å². The average molecular weight is 390 g/mol. The molecule has 2 amide bonds. The summed E-state index contributed by atoms with van der Waals surface area (Å²) in [5, 5.41) is 0. The topological polar surface area (TPSA) is 60.9 Å². The number of rotatable bonds is 5. The Balaban J connectivity index is 1.57.